The largest absolute Gasteiger partial charge is 0.481 e. The van der Waals surface area contributed by atoms with Gasteiger partial charge in [-0.25, -0.2) is 4.89 Å². The molecule has 0 aliphatic carbocycles. The predicted molar refractivity (Wildman–Crippen MR) is 30.0 cm³/mol. The second-order valence-electron chi connectivity index (χ2n) is 1.73. The molecule has 9 heavy (non-hydrogen) atoms. The minimum absolute atomic E-state index is 0.146. The van der Waals surface area contributed by atoms with Crippen molar-refractivity contribution in [3.05, 3.63) is 0 Å². The average molecular weight is 134 g/mol. The van der Waals surface area contributed by atoms with Gasteiger partial charge >= 0.3 is 5.97 Å². The number of carbonyl (C=O) groups is 1. The standard InChI is InChI=1S/C5H10O4/c1-2-4(9-8)3-5(6)7/h4,8H,2-3H2,1H3,(H,6,7). The van der Waals surface area contributed by atoms with Crippen LogP contribution < -0.4 is 0 Å². The Labute approximate surface area is 53.0 Å². The lowest BCUT2D eigenvalue weighted by Gasteiger charge is -2.05. The third-order valence-electron chi connectivity index (χ3n) is 1.01. The molecule has 4 nitrogen and oxygen atoms in total. The van der Waals surface area contributed by atoms with Crippen LogP contribution in [0, 0.1) is 0 Å². The number of carboxylic acids is 1. The van der Waals surface area contributed by atoms with E-state index in [0.29, 0.717) is 6.42 Å². The summed E-state index contributed by atoms with van der Waals surface area (Å²) in [5.41, 5.74) is 0. The summed E-state index contributed by atoms with van der Waals surface area (Å²) < 4.78 is 0. The lowest BCUT2D eigenvalue weighted by molar-refractivity contribution is -0.279. The van der Waals surface area contributed by atoms with E-state index >= 15 is 0 Å². The molecule has 0 aromatic heterocycles. The van der Waals surface area contributed by atoms with Crippen molar-refractivity contribution in [3.8, 4) is 0 Å². The molecule has 0 saturated heterocycles. The second-order valence-corrected chi connectivity index (χ2v) is 1.73. The first-order chi connectivity index (χ1) is 4.20. The van der Waals surface area contributed by atoms with Crippen molar-refractivity contribution in [2.24, 2.45) is 0 Å². The first-order valence-electron chi connectivity index (χ1n) is 2.72. The Hall–Kier alpha value is -0.610. The summed E-state index contributed by atoms with van der Waals surface area (Å²) in [6.45, 7) is 1.74. The highest BCUT2D eigenvalue weighted by atomic mass is 17.1. The van der Waals surface area contributed by atoms with Crippen molar-refractivity contribution in [2.45, 2.75) is 25.9 Å². The molecule has 0 aliphatic rings. The zero-order valence-corrected chi connectivity index (χ0v) is 5.20. The summed E-state index contributed by atoms with van der Waals surface area (Å²) >= 11 is 0. The van der Waals surface area contributed by atoms with E-state index in [2.05, 4.69) is 4.89 Å². The van der Waals surface area contributed by atoms with Crippen LogP contribution in [0.2, 0.25) is 0 Å². The van der Waals surface area contributed by atoms with Crippen molar-refractivity contribution in [1.82, 2.24) is 0 Å². The molecular weight excluding hydrogens is 124 g/mol. The van der Waals surface area contributed by atoms with Gasteiger partial charge in [0.1, 0.15) is 6.10 Å². The highest BCUT2D eigenvalue weighted by Gasteiger charge is 2.09. The van der Waals surface area contributed by atoms with Gasteiger partial charge in [-0.3, -0.25) is 10.1 Å². The third-order valence-corrected chi connectivity index (χ3v) is 1.01. The SMILES string of the molecule is CCC(CC(=O)O)OO. The van der Waals surface area contributed by atoms with Crippen LogP contribution >= 0.6 is 0 Å². The van der Waals surface area contributed by atoms with E-state index in [1.165, 1.54) is 0 Å². The molecule has 0 aromatic rings. The molecule has 0 radical (unpaired) electrons. The van der Waals surface area contributed by atoms with Gasteiger partial charge in [-0.1, -0.05) is 6.92 Å². The molecule has 1 atom stereocenters. The van der Waals surface area contributed by atoms with Crippen molar-refractivity contribution < 1.29 is 20.0 Å². The van der Waals surface area contributed by atoms with Gasteiger partial charge in [-0.05, 0) is 6.42 Å². The zero-order chi connectivity index (χ0) is 7.28. The van der Waals surface area contributed by atoms with E-state index in [-0.39, 0.29) is 6.42 Å². The molecule has 0 bridgehead atoms. The van der Waals surface area contributed by atoms with Gasteiger partial charge in [0.05, 0.1) is 6.42 Å². The minimum Gasteiger partial charge on any atom is -0.481 e. The van der Waals surface area contributed by atoms with E-state index in [1.54, 1.807) is 6.92 Å². The maximum Gasteiger partial charge on any atom is 0.306 e. The van der Waals surface area contributed by atoms with E-state index < -0.39 is 12.1 Å². The van der Waals surface area contributed by atoms with Gasteiger partial charge in [0, 0.05) is 0 Å². The maximum absolute atomic E-state index is 9.94. The van der Waals surface area contributed by atoms with Crippen molar-refractivity contribution in [1.29, 1.82) is 0 Å². The normalized spacial score (nSPS) is 13.1. The van der Waals surface area contributed by atoms with Gasteiger partial charge in [0.25, 0.3) is 0 Å². The number of rotatable bonds is 4. The molecule has 54 valence electrons. The first-order valence-corrected chi connectivity index (χ1v) is 2.72. The summed E-state index contributed by atoms with van der Waals surface area (Å²) in [5.74, 6) is -0.962. The van der Waals surface area contributed by atoms with Crippen molar-refractivity contribution in [3.63, 3.8) is 0 Å². The highest BCUT2D eigenvalue weighted by Crippen LogP contribution is 2.00. The average Bonchev–Trinajstić information content (AvgIpc) is 1.82. The molecule has 1 unspecified atom stereocenters. The number of aliphatic carboxylic acids is 1. The summed E-state index contributed by atoms with van der Waals surface area (Å²) in [4.78, 5) is 13.8. The van der Waals surface area contributed by atoms with Crippen LogP contribution in [0.3, 0.4) is 0 Å². The Morgan fingerprint density at radius 3 is 2.44 bits per heavy atom. The first kappa shape index (κ1) is 8.39. The van der Waals surface area contributed by atoms with Crippen molar-refractivity contribution in [2.75, 3.05) is 0 Å². The molecule has 0 saturated carbocycles. The second kappa shape index (κ2) is 4.29. The molecule has 0 heterocycles. The van der Waals surface area contributed by atoms with E-state index in [9.17, 15) is 4.79 Å². The summed E-state index contributed by atoms with van der Waals surface area (Å²) in [7, 11) is 0. The maximum atomic E-state index is 9.94. The quantitative estimate of drug-likeness (QED) is 0.439. The monoisotopic (exact) mass is 134 g/mol. The molecule has 0 fully saturated rings. The Morgan fingerprint density at radius 1 is 1.78 bits per heavy atom. The number of carboxylic acid groups (broad SMARTS) is 1. The van der Waals surface area contributed by atoms with Crippen LogP contribution in [0.5, 0.6) is 0 Å². The Bertz CT molecular complexity index is 87.0. The lowest BCUT2D eigenvalue weighted by atomic mass is 10.2. The molecule has 0 aliphatic heterocycles. The van der Waals surface area contributed by atoms with Gasteiger partial charge in [0.15, 0.2) is 0 Å². The molecule has 4 heteroatoms. The fraction of sp³-hybridized carbons (Fsp3) is 0.800. The predicted octanol–water partition coefficient (Wildman–Crippen LogP) is 0.729. The van der Waals surface area contributed by atoms with E-state index in [4.69, 9.17) is 10.4 Å². The van der Waals surface area contributed by atoms with Crippen LogP contribution in [0.15, 0.2) is 0 Å². The summed E-state index contributed by atoms with van der Waals surface area (Å²) in [6.07, 6.45) is -0.210. The Balaban J connectivity index is 3.43. The lowest BCUT2D eigenvalue weighted by Crippen LogP contribution is -2.14. The highest BCUT2D eigenvalue weighted by molar-refractivity contribution is 5.67. The Morgan fingerprint density at radius 2 is 2.33 bits per heavy atom. The van der Waals surface area contributed by atoms with Gasteiger partial charge in [-0.15, -0.1) is 0 Å². The topological polar surface area (TPSA) is 66.8 Å². The fourth-order valence-corrected chi connectivity index (χ4v) is 0.451. The smallest absolute Gasteiger partial charge is 0.306 e. The van der Waals surface area contributed by atoms with Gasteiger partial charge in [-0.2, -0.15) is 0 Å². The molecule has 0 spiro atoms. The fourth-order valence-electron chi connectivity index (χ4n) is 0.451. The van der Waals surface area contributed by atoms with E-state index in [1.807, 2.05) is 0 Å². The summed E-state index contributed by atoms with van der Waals surface area (Å²) in [6, 6.07) is 0. The van der Waals surface area contributed by atoms with Crippen LogP contribution in [-0.2, 0) is 9.68 Å². The zero-order valence-electron chi connectivity index (χ0n) is 5.20. The Kier molecular flexibility index (Phi) is 4.00. The van der Waals surface area contributed by atoms with Gasteiger partial charge in [0.2, 0.25) is 0 Å². The number of hydrogen-bond donors (Lipinski definition) is 2. The molecule has 0 rings (SSSR count). The minimum atomic E-state index is -0.962. The van der Waals surface area contributed by atoms with Crippen LogP contribution in [-0.4, -0.2) is 22.4 Å². The van der Waals surface area contributed by atoms with E-state index in [0.717, 1.165) is 0 Å². The van der Waals surface area contributed by atoms with Crippen LogP contribution in [0.4, 0.5) is 0 Å². The van der Waals surface area contributed by atoms with Gasteiger partial charge < -0.3 is 5.11 Å². The molecular formula is C5H10O4. The molecule has 0 amide bonds. The molecule has 2 N–H and O–H groups in total. The van der Waals surface area contributed by atoms with Crippen molar-refractivity contribution >= 4 is 5.97 Å². The third kappa shape index (κ3) is 3.93. The van der Waals surface area contributed by atoms with Crippen LogP contribution in [0.25, 0.3) is 0 Å². The molecule has 0 aromatic carbocycles. The number of hydrogen-bond acceptors (Lipinski definition) is 3. The summed E-state index contributed by atoms with van der Waals surface area (Å²) in [5, 5.41) is 16.2. The van der Waals surface area contributed by atoms with Crippen LogP contribution in [0.1, 0.15) is 19.8 Å².